The second-order valence-electron chi connectivity index (χ2n) is 8.12. The van der Waals surface area contributed by atoms with Crippen molar-refractivity contribution in [1.82, 2.24) is 10.6 Å². The summed E-state index contributed by atoms with van der Waals surface area (Å²) >= 11 is 0. The van der Waals surface area contributed by atoms with Crippen LogP contribution in [0.4, 0.5) is 13.2 Å². The monoisotopic (exact) mass is 514 g/mol. The van der Waals surface area contributed by atoms with Crippen LogP contribution in [0.2, 0.25) is 0 Å². The van der Waals surface area contributed by atoms with Gasteiger partial charge in [0.1, 0.15) is 6.04 Å². The van der Waals surface area contributed by atoms with Gasteiger partial charge in [0.2, 0.25) is 0 Å². The Bertz CT molecular complexity index is 1220. The number of hydrogen-bond acceptors (Lipinski definition) is 5. The first kappa shape index (κ1) is 27.4. The summed E-state index contributed by atoms with van der Waals surface area (Å²) in [4.78, 5) is 38.2. The smallest absolute Gasteiger partial charge is 0.416 e. The molecule has 194 valence electrons. The highest BCUT2D eigenvalue weighted by atomic mass is 19.4. The van der Waals surface area contributed by atoms with E-state index in [0.717, 1.165) is 13.2 Å². The van der Waals surface area contributed by atoms with Crippen LogP contribution in [0.3, 0.4) is 0 Å². The van der Waals surface area contributed by atoms with E-state index in [1.165, 1.54) is 18.2 Å². The van der Waals surface area contributed by atoms with Gasteiger partial charge in [-0.05, 0) is 29.3 Å². The molecule has 10 heteroatoms. The molecule has 0 unspecified atom stereocenters. The predicted octanol–water partition coefficient (Wildman–Crippen LogP) is 3.44. The van der Waals surface area contributed by atoms with Crippen molar-refractivity contribution in [2.24, 2.45) is 0 Å². The van der Waals surface area contributed by atoms with E-state index in [4.69, 9.17) is 0 Å². The van der Waals surface area contributed by atoms with Crippen molar-refractivity contribution in [3.05, 3.63) is 107 Å². The van der Waals surface area contributed by atoms with Crippen LogP contribution in [0.25, 0.3) is 0 Å². The topological polar surface area (TPSA) is 105 Å². The summed E-state index contributed by atoms with van der Waals surface area (Å²) in [6, 6.07) is 18.2. The minimum absolute atomic E-state index is 0.239. The molecule has 0 aromatic heterocycles. The Labute approximate surface area is 211 Å². The summed E-state index contributed by atoms with van der Waals surface area (Å²) in [5.74, 6) is -2.64. The van der Waals surface area contributed by atoms with Gasteiger partial charge in [0.15, 0.2) is 6.10 Å². The Hall–Kier alpha value is -4.18. The number of aliphatic hydroxyl groups is 1. The third-order valence-electron chi connectivity index (χ3n) is 5.61. The number of ether oxygens (including phenoxy) is 1. The molecule has 2 amide bonds. The summed E-state index contributed by atoms with van der Waals surface area (Å²) < 4.78 is 45.0. The van der Waals surface area contributed by atoms with Crippen LogP contribution in [0.5, 0.6) is 0 Å². The second-order valence-corrected chi connectivity index (χ2v) is 8.12. The molecule has 0 radical (unpaired) electrons. The maximum absolute atomic E-state index is 13.4. The lowest BCUT2D eigenvalue weighted by Gasteiger charge is -2.26. The summed E-state index contributed by atoms with van der Waals surface area (Å²) in [5.41, 5.74) is -0.521. The first-order valence-electron chi connectivity index (χ1n) is 11.2. The maximum atomic E-state index is 13.4. The lowest BCUT2D eigenvalue weighted by molar-refractivity contribution is -0.147. The van der Waals surface area contributed by atoms with E-state index >= 15 is 0 Å². The molecule has 0 saturated heterocycles. The molecule has 0 aliphatic heterocycles. The number of carbonyl (C=O) groups is 3. The fraction of sp³-hybridized carbons (Fsp3) is 0.222. The van der Waals surface area contributed by atoms with Crippen LogP contribution >= 0.6 is 0 Å². The lowest BCUT2D eigenvalue weighted by Crippen LogP contribution is -2.51. The summed E-state index contributed by atoms with van der Waals surface area (Å²) in [6.45, 7) is 0. The zero-order chi connectivity index (χ0) is 27.0. The largest absolute Gasteiger partial charge is 0.467 e. The molecule has 3 atom stereocenters. The summed E-state index contributed by atoms with van der Waals surface area (Å²) in [5, 5.41) is 15.8. The maximum Gasteiger partial charge on any atom is 0.416 e. The molecule has 0 aliphatic carbocycles. The molecule has 3 aromatic carbocycles. The van der Waals surface area contributed by atoms with E-state index in [0.29, 0.717) is 5.56 Å². The van der Waals surface area contributed by atoms with Crippen LogP contribution in [-0.4, -0.2) is 42.1 Å². The SMILES string of the molecule is COC(=O)[C@@H](Cc1ccccc1C(F)(F)F)NC(=O)[C@H](O)[C@@H](NC(=O)c1ccccc1)c1ccccc1. The highest BCUT2D eigenvalue weighted by Gasteiger charge is 2.36. The molecule has 0 bridgehead atoms. The zero-order valence-electron chi connectivity index (χ0n) is 19.7. The number of esters is 1. The first-order chi connectivity index (χ1) is 17.6. The van der Waals surface area contributed by atoms with Gasteiger partial charge in [0, 0.05) is 12.0 Å². The molecule has 0 heterocycles. The zero-order valence-corrected chi connectivity index (χ0v) is 19.7. The third-order valence-corrected chi connectivity index (χ3v) is 5.61. The number of hydrogen-bond donors (Lipinski definition) is 3. The summed E-state index contributed by atoms with van der Waals surface area (Å²) in [7, 11) is 1.03. The normalized spacial score (nSPS) is 13.6. The standard InChI is InChI=1S/C27H25F3N2O5/c1-37-26(36)21(16-19-14-8-9-15-20(19)27(28,29)30)31-25(35)23(33)22(17-10-4-2-5-11-17)32-24(34)18-12-6-3-7-13-18/h2-15,21-23,33H,16H2,1H3,(H,31,35)(H,32,34)/t21-,22+,23-/m1/s1. The fourth-order valence-electron chi connectivity index (χ4n) is 3.76. The van der Waals surface area contributed by atoms with Crippen LogP contribution in [0.1, 0.15) is 33.1 Å². The third kappa shape index (κ3) is 7.17. The number of halogens is 3. The Morgan fingerprint density at radius 3 is 2.03 bits per heavy atom. The average Bonchev–Trinajstić information content (AvgIpc) is 2.91. The molecule has 0 aliphatic rings. The van der Waals surface area contributed by atoms with Gasteiger partial charge in [-0.2, -0.15) is 13.2 Å². The van der Waals surface area contributed by atoms with Crippen LogP contribution in [0, 0.1) is 0 Å². The van der Waals surface area contributed by atoms with Crippen molar-refractivity contribution < 1.29 is 37.4 Å². The highest BCUT2D eigenvalue weighted by molar-refractivity contribution is 5.95. The molecule has 7 nitrogen and oxygen atoms in total. The number of aliphatic hydroxyl groups excluding tert-OH is 1. The quantitative estimate of drug-likeness (QED) is 0.380. The van der Waals surface area contributed by atoms with Crippen LogP contribution in [-0.2, 0) is 26.9 Å². The average molecular weight is 515 g/mol. The number of nitrogens with one attached hydrogen (secondary N) is 2. The van der Waals surface area contributed by atoms with Gasteiger partial charge in [-0.3, -0.25) is 9.59 Å². The molecule has 3 N–H and O–H groups in total. The number of amides is 2. The number of methoxy groups -OCH3 is 1. The van der Waals surface area contributed by atoms with Gasteiger partial charge < -0.3 is 20.5 Å². The molecule has 3 rings (SSSR count). The fourth-order valence-corrected chi connectivity index (χ4v) is 3.76. The van der Waals surface area contributed by atoms with Gasteiger partial charge in [-0.15, -0.1) is 0 Å². The van der Waals surface area contributed by atoms with E-state index in [1.807, 2.05) is 0 Å². The predicted molar refractivity (Wildman–Crippen MR) is 128 cm³/mol. The minimum atomic E-state index is -4.68. The van der Waals surface area contributed by atoms with Crippen molar-refractivity contribution in [2.75, 3.05) is 7.11 Å². The molecular formula is C27H25F3N2O5. The molecule has 3 aromatic rings. The first-order valence-corrected chi connectivity index (χ1v) is 11.2. The van der Waals surface area contributed by atoms with Crippen molar-refractivity contribution in [2.45, 2.75) is 30.8 Å². The Balaban J connectivity index is 1.85. The molecule has 37 heavy (non-hydrogen) atoms. The Kier molecular flexibility index (Phi) is 9.02. The van der Waals surface area contributed by atoms with E-state index in [-0.39, 0.29) is 11.1 Å². The van der Waals surface area contributed by atoms with E-state index < -0.39 is 54.1 Å². The number of rotatable bonds is 9. The molecular weight excluding hydrogens is 489 g/mol. The van der Waals surface area contributed by atoms with Gasteiger partial charge in [-0.1, -0.05) is 66.7 Å². The Morgan fingerprint density at radius 1 is 0.865 bits per heavy atom. The second kappa shape index (κ2) is 12.2. The van der Waals surface area contributed by atoms with E-state index in [2.05, 4.69) is 15.4 Å². The van der Waals surface area contributed by atoms with Crippen LogP contribution < -0.4 is 10.6 Å². The van der Waals surface area contributed by atoms with Crippen molar-refractivity contribution in [1.29, 1.82) is 0 Å². The number of carbonyl (C=O) groups excluding carboxylic acids is 3. The van der Waals surface area contributed by atoms with Gasteiger partial charge in [0.25, 0.3) is 11.8 Å². The van der Waals surface area contributed by atoms with Gasteiger partial charge in [0.05, 0.1) is 18.7 Å². The van der Waals surface area contributed by atoms with E-state index in [1.54, 1.807) is 60.7 Å². The van der Waals surface area contributed by atoms with Crippen molar-refractivity contribution in [3.8, 4) is 0 Å². The number of benzene rings is 3. The minimum Gasteiger partial charge on any atom is -0.467 e. The molecule has 0 spiro atoms. The Morgan fingerprint density at radius 2 is 1.43 bits per heavy atom. The molecule has 0 fully saturated rings. The molecule has 0 saturated carbocycles. The number of alkyl halides is 3. The van der Waals surface area contributed by atoms with Crippen molar-refractivity contribution >= 4 is 17.8 Å². The summed E-state index contributed by atoms with van der Waals surface area (Å²) in [6.07, 6.45) is -7.10. The van der Waals surface area contributed by atoms with Crippen molar-refractivity contribution in [3.63, 3.8) is 0 Å². The van der Waals surface area contributed by atoms with Gasteiger partial charge >= 0.3 is 12.1 Å². The van der Waals surface area contributed by atoms with Gasteiger partial charge in [-0.25, -0.2) is 4.79 Å². The lowest BCUT2D eigenvalue weighted by atomic mass is 9.97. The highest BCUT2D eigenvalue weighted by Crippen LogP contribution is 2.32. The van der Waals surface area contributed by atoms with E-state index in [9.17, 15) is 32.7 Å². The van der Waals surface area contributed by atoms with Crippen LogP contribution in [0.15, 0.2) is 84.9 Å².